The lowest BCUT2D eigenvalue weighted by atomic mass is 10.1. The van der Waals surface area contributed by atoms with Crippen molar-refractivity contribution in [3.8, 4) is 5.75 Å². The minimum Gasteiger partial charge on any atom is -0.489 e. The Morgan fingerprint density at radius 2 is 2.04 bits per heavy atom. The third kappa shape index (κ3) is 4.88. The molecular weight excluding hydrogens is 355 g/mol. The Hall–Kier alpha value is -2.71. The first-order valence-corrected chi connectivity index (χ1v) is 7.46. The van der Waals surface area contributed by atoms with Gasteiger partial charge in [-0.15, -0.1) is 0 Å². The Bertz CT molecular complexity index is 800. The quantitative estimate of drug-likeness (QED) is 0.457. The highest BCUT2D eigenvalue weighted by molar-refractivity contribution is 6.31. The van der Waals surface area contributed by atoms with Crippen LogP contribution < -0.4 is 10.1 Å². The summed E-state index contributed by atoms with van der Waals surface area (Å²) in [7, 11) is 1.50. The van der Waals surface area contributed by atoms with Crippen LogP contribution in [0, 0.1) is 15.9 Å². The highest BCUT2D eigenvalue weighted by atomic mass is 35.5. The molecule has 1 N–H and O–H groups in total. The van der Waals surface area contributed by atoms with E-state index in [0.717, 1.165) is 12.1 Å². The van der Waals surface area contributed by atoms with Crippen molar-refractivity contribution in [3.05, 3.63) is 62.9 Å². The van der Waals surface area contributed by atoms with Crippen LogP contribution in [-0.2, 0) is 4.74 Å². The molecule has 0 aliphatic heterocycles. The van der Waals surface area contributed by atoms with Gasteiger partial charge in [0.1, 0.15) is 23.7 Å². The number of halogens is 2. The molecule has 0 bridgehead atoms. The molecule has 2 rings (SSSR count). The molecule has 25 heavy (non-hydrogen) atoms. The van der Waals surface area contributed by atoms with Crippen molar-refractivity contribution in [2.24, 2.45) is 0 Å². The SMILES string of the molecule is COCCOc1ccc(F)cc1NC(=O)c1ccc(Cl)cc1[N+](=O)[O-]. The van der Waals surface area contributed by atoms with Crippen LogP contribution in [0.1, 0.15) is 10.4 Å². The molecule has 0 unspecified atom stereocenters. The first-order valence-electron chi connectivity index (χ1n) is 7.09. The molecule has 132 valence electrons. The number of carbonyl (C=O) groups is 1. The molecule has 0 atom stereocenters. The standard InChI is InChI=1S/C16H14ClFN2O5/c1-24-6-7-25-15-5-3-11(18)9-13(15)19-16(21)12-4-2-10(17)8-14(12)20(22)23/h2-5,8-9H,6-7H2,1H3,(H,19,21). The minimum absolute atomic E-state index is 0.0466. The van der Waals surface area contributed by atoms with Gasteiger partial charge in [0.15, 0.2) is 0 Å². The van der Waals surface area contributed by atoms with Crippen molar-refractivity contribution in [2.45, 2.75) is 0 Å². The molecule has 0 aromatic heterocycles. The minimum atomic E-state index is -0.787. The predicted molar refractivity (Wildman–Crippen MR) is 89.8 cm³/mol. The zero-order chi connectivity index (χ0) is 18.4. The number of nitro benzene ring substituents is 1. The Kier molecular flexibility index (Phi) is 6.26. The number of carbonyl (C=O) groups excluding carboxylic acids is 1. The van der Waals surface area contributed by atoms with Crippen molar-refractivity contribution < 1.29 is 23.6 Å². The molecule has 0 fully saturated rings. The molecule has 0 aliphatic carbocycles. The summed E-state index contributed by atoms with van der Waals surface area (Å²) in [6.07, 6.45) is 0. The second kappa shape index (κ2) is 8.41. The molecule has 0 spiro atoms. The molecule has 0 radical (unpaired) electrons. The van der Waals surface area contributed by atoms with Crippen LogP contribution in [-0.4, -0.2) is 31.2 Å². The maximum Gasteiger partial charge on any atom is 0.283 e. The maximum absolute atomic E-state index is 13.5. The lowest BCUT2D eigenvalue weighted by Gasteiger charge is -2.12. The van der Waals surface area contributed by atoms with Crippen molar-refractivity contribution in [1.82, 2.24) is 0 Å². The summed E-state index contributed by atoms with van der Waals surface area (Å²) in [6.45, 7) is 0.486. The van der Waals surface area contributed by atoms with E-state index < -0.39 is 22.3 Å². The van der Waals surface area contributed by atoms with Crippen molar-refractivity contribution in [3.63, 3.8) is 0 Å². The van der Waals surface area contributed by atoms with Gasteiger partial charge in [-0.2, -0.15) is 0 Å². The van der Waals surface area contributed by atoms with Crippen LogP contribution >= 0.6 is 11.6 Å². The predicted octanol–water partition coefficient (Wildman–Crippen LogP) is 3.66. The highest BCUT2D eigenvalue weighted by Crippen LogP contribution is 2.28. The molecule has 1 amide bonds. The van der Waals surface area contributed by atoms with Crippen LogP contribution in [0.3, 0.4) is 0 Å². The molecule has 7 nitrogen and oxygen atoms in total. The van der Waals surface area contributed by atoms with Gasteiger partial charge in [0, 0.05) is 24.3 Å². The first kappa shape index (κ1) is 18.6. The van der Waals surface area contributed by atoms with Gasteiger partial charge in [-0.05, 0) is 24.3 Å². The lowest BCUT2D eigenvalue weighted by molar-refractivity contribution is -0.385. The second-order valence-corrected chi connectivity index (χ2v) is 5.29. The van der Waals surface area contributed by atoms with Crippen LogP contribution in [0.2, 0.25) is 5.02 Å². The monoisotopic (exact) mass is 368 g/mol. The zero-order valence-electron chi connectivity index (χ0n) is 13.1. The Labute approximate surface area is 147 Å². The summed E-state index contributed by atoms with van der Waals surface area (Å²) in [5.41, 5.74) is -0.616. The maximum atomic E-state index is 13.5. The van der Waals surface area contributed by atoms with Crippen molar-refractivity contribution >= 4 is 28.9 Å². The number of anilines is 1. The third-order valence-corrected chi connectivity index (χ3v) is 3.37. The van der Waals surface area contributed by atoms with Gasteiger partial charge in [-0.3, -0.25) is 14.9 Å². The number of ether oxygens (including phenoxy) is 2. The number of amides is 1. The summed E-state index contributed by atoms with van der Waals surface area (Å²) < 4.78 is 23.8. The van der Waals surface area contributed by atoms with E-state index in [2.05, 4.69) is 5.32 Å². The summed E-state index contributed by atoms with van der Waals surface area (Å²) in [6, 6.07) is 7.21. The Balaban J connectivity index is 2.29. The Morgan fingerprint density at radius 1 is 1.28 bits per heavy atom. The van der Waals surface area contributed by atoms with E-state index >= 15 is 0 Å². The van der Waals surface area contributed by atoms with E-state index in [1.165, 1.54) is 31.4 Å². The summed E-state index contributed by atoms with van der Waals surface area (Å²) >= 11 is 5.73. The Morgan fingerprint density at radius 3 is 2.72 bits per heavy atom. The smallest absolute Gasteiger partial charge is 0.283 e. The van der Waals surface area contributed by atoms with Crippen LogP contribution in [0.4, 0.5) is 15.8 Å². The summed E-state index contributed by atoms with van der Waals surface area (Å²) in [5, 5.41) is 13.6. The average molecular weight is 369 g/mol. The first-order chi connectivity index (χ1) is 11.9. The van der Waals surface area contributed by atoms with E-state index in [0.29, 0.717) is 6.61 Å². The number of nitro groups is 1. The summed E-state index contributed by atoms with van der Waals surface area (Å²) in [4.78, 5) is 22.8. The lowest BCUT2D eigenvalue weighted by Crippen LogP contribution is -2.15. The fourth-order valence-corrected chi connectivity index (χ4v) is 2.16. The number of hydrogen-bond donors (Lipinski definition) is 1. The van der Waals surface area contributed by atoms with E-state index in [-0.39, 0.29) is 28.6 Å². The highest BCUT2D eigenvalue weighted by Gasteiger charge is 2.21. The fourth-order valence-electron chi connectivity index (χ4n) is 2.00. The number of rotatable bonds is 7. The molecule has 2 aromatic rings. The molecule has 0 saturated heterocycles. The topological polar surface area (TPSA) is 90.7 Å². The number of benzene rings is 2. The normalized spacial score (nSPS) is 10.4. The van der Waals surface area contributed by atoms with Gasteiger partial charge in [0.2, 0.25) is 0 Å². The third-order valence-electron chi connectivity index (χ3n) is 3.14. The molecule has 0 heterocycles. The van der Waals surface area contributed by atoms with Gasteiger partial charge in [0.25, 0.3) is 11.6 Å². The van der Waals surface area contributed by atoms with Gasteiger partial charge in [-0.1, -0.05) is 11.6 Å². The van der Waals surface area contributed by atoms with E-state index in [1.54, 1.807) is 0 Å². The number of nitrogens with zero attached hydrogens (tertiary/aromatic N) is 1. The number of nitrogens with one attached hydrogen (secondary N) is 1. The van der Waals surface area contributed by atoms with Crippen molar-refractivity contribution in [1.29, 1.82) is 0 Å². The van der Waals surface area contributed by atoms with E-state index in [4.69, 9.17) is 21.1 Å². The second-order valence-electron chi connectivity index (χ2n) is 4.85. The largest absolute Gasteiger partial charge is 0.489 e. The van der Waals surface area contributed by atoms with Gasteiger partial charge >= 0.3 is 0 Å². The van der Waals surface area contributed by atoms with Crippen LogP contribution in [0.5, 0.6) is 5.75 Å². The zero-order valence-corrected chi connectivity index (χ0v) is 13.9. The molecule has 9 heteroatoms. The van der Waals surface area contributed by atoms with E-state index in [1.807, 2.05) is 0 Å². The number of hydrogen-bond acceptors (Lipinski definition) is 5. The fraction of sp³-hybridized carbons (Fsp3) is 0.188. The number of methoxy groups -OCH3 is 1. The average Bonchev–Trinajstić information content (AvgIpc) is 2.56. The van der Waals surface area contributed by atoms with Gasteiger partial charge < -0.3 is 14.8 Å². The van der Waals surface area contributed by atoms with Crippen LogP contribution in [0.15, 0.2) is 36.4 Å². The molecule has 0 aliphatic rings. The van der Waals surface area contributed by atoms with Gasteiger partial charge in [0.05, 0.1) is 17.2 Å². The van der Waals surface area contributed by atoms with E-state index in [9.17, 15) is 19.3 Å². The summed E-state index contributed by atoms with van der Waals surface area (Å²) in [5.74, 6) is -1.17. The molecule has 0 saturated carbocycles. The molecular formula is C16H14ClFN2O5. The van der Waals surface area contributed by atoms with Gasteiger partial charge in [-0.25, -0.2) is 4.39 Å². The van der Waals surface area contributed by atoms with Crippen LogP contribution in [0.25, 0.3) is 0 Å². The molecule has 2 aromatic carbocycles. The van der Waals surface area contributed by atoms with Crippen molar-refractivity contribution in [2.75, 3.05) is 25.6 Å².